The Bertz CT molecular complexity index is 678. The summed E-state index contributed by atoms with van der Waals surface area (Å²) in [5.41, 5.74) is 0.997. The third kappa shape index (κ3) is 7.67. The van der Waals surface area contributed by atoms with Crippen molar-refractivity contribution in [2.24, 2.45) is 4.99 Å². The molecular weight excluding hydrogens is 461 g/mol. The maximum atomic E-state index is 5.55. The van der Waals surface area contributed by atoms with E-state index in [0.29, 0.717) is 25.5 Å². The van der Waals surface area contributed by atoms with Crippen molar-refractivity contribution in [3.05, 3.63) is 47.9 Å². The Balaban J connectivity index is 0.00000364. The molecule has 0 aliphatic rings. The number of methoxy groups -OCH3 is 2. The minimum Gasteiger partial charge on any atom is -0.493 e. The maximum Gasteiger partial charge on any atom is 0.191 e. The molecule has 2 rings (SSSR count). The first kappa shape index (κ1) is 23.1. The third-order valence-electron chi connectivity index (χ3n) is 3.74. The normalized spacial score (nSPS) is 10.9. The summed E-state index contributed by atoms with van der Waals surface area (Å²) in [7, 11) is 5.01. The summed E-state index contributed by atoms with van der Waals surface area (Å²) in [4.78, 5) is 4.23. The van der Waals surface area contributed by atoms with Gasteiger partial charge in [-0.1, -0.05) is 12.1 Å². The van der Waals surface area contributed by atoms with E-state index in [0.717, 1.165) is 36.0 Å². The lowest BCUT2D eigenvalue weighted by molar-refractivity contribution is 0.105. The van der Waals surface area contributed by atoms with E-state index in [1.807, 2.05) is 30.3 Å². The van der Waals surface area contributed by atoms with Crippen LogP contribution in [0, 0.1) is 0 Å². The van der Waals surface area contributed by atoms with Crippen molar-refractivity contribution in [2.45, 2.75) is 19.6 Å². The van der Waals surface area contributed by atoms with Crippen LogP contribution in [0.1, 0.15) is 17.7 Å². The summed E-state index contributed by atoms with van der Waals surface area (Å²) in [6, 6.07) is 9.55. The second kappa shape index (κ2) is 13.3. The lowest BCUT2D eigenvalue weighted by Gasteiger charge is -2.15. The Morgan fingerprint density at radius 1 is 1.11 bits per heavy atom. The van der Waals surface area contributed by atoms with Gasteiger partial charge < -0.3 is 29.3 Å². The molecule has 150 valence electrons. The van der Waals surface area contributed by atoms with E-state index in [1.165, 1.54) is 0 Å². The Hall–Kier alpha value is -1.94. The lowest BCUT2D eigenvalue weighted by atomic mass is 10.2. The molecule has 1 aromatic carbocycles. The predicted molar refractivity (Wildman–Crippen MR) is 116 cm³/mol. The van der Waals surface area contributed by atoms with Crippen LogP contribution in [0.2, 0.25) is 0 Å². The fraction of sp³-hybridized carbons (Fsp3) is 0.421. The number of hydrogen-bond acceptors (Lipinski definition) is 5. The summed E-state index contributed by atoms with van der Waals surface area (Å²) in [6.07, 6.45) is 2.51. The van der Waals surface area contributed by atoms with E-state index in [2.05, 4.69) is 15.6 Å². The summed E-state index contributed by atoms with van der Waals surface area (Å²) in [5.74, 6) is 3.00. The summed E-state index contributed by atoms with van der Waals surface area (Å²) in [5, 5.41) is 6.54. The highest BCUT2D eigenvalue weighted by molar-refractivity contribution is 14.0. The first-order valence-electron chi connectivity index (χ1n) is 8.53. The number of para-hydroxylation sites is 1. The Morgan fingerprint density at radius 2 is 1.96 bits per heavy atom. The number of furan rings is 1. The highest BCUT2D eigenvalue weighted by Crippen LogP contribution is 2.30. The van der Waals surface area contributed by atoms with Crippen LogP contribution in [0.4, 0.5) is 0 Å². The second-order valence-corrected chi connectivity index (χ2v) is 5.49. The number of nitrogens with one attached hydrogen (secondary N) is 2. The highest BCUT2D eigenvalue weighted by Gasteiger charge is 2.09. The van der Waals surface area contributed by atoms with Crippen molar-refractivity contribution in [1.29, 1.82) is 0 Å². The van der Waals surface area contributed by atoms with Gasteiger partial charge in [0.05, 0.1) is 20.5 Å². The smallest absolute Gasteiger partial charge is 0.191 e. The molecule has 1 aromatic heterocycles. The van der Waals surface area contributed by atoms with Gasteiger partial charge in [-0.05, 0) is 24.6 Å². The van der Waals surface area contributed by atoms with Crippen LogP contribution >= 0.6 is 24.0 Å². The van der Waals surface area contributed by atoms with Crippen LogP contribution in [0.3, 0.4) is 0 Å². The van der Waals surface area contributed by atoms with Crippen LogP contribution in [0.25, 0.3) is 0 Å². The number of guanidine groups is 1. The minimum atomic E-state index is 0. The van der Waals surface area contributed by atoms with E-state index in [-0.39, 0.29) is 24.0 Å². The van der Waals surface area contributed by atoms with E-state index in [1.54, 1.807) is 27.5 Å². The molecule has 8 heteroatoms. The SMILES string of the molecule is CN=C(NCCCOCc1ccco1)NCc1cccc(OC)c1OC.I. The maximum absolute atomic E-state index is 5.55. The van der Waals surface area contributed by atoms with Gasteiger partial charge in [-0.25, -0.2) is 0 Å². The number of hydrogen-bond donors (Lipinski definition) is 2. The molecular formula is C19H28IN3O4. The van der Waals surface area contributed by atoms with Gasteiger partial charge >= 0.3 is 0 Å². The van der Waals surface area contributed by atoms with Crippen LogP contribution < -0.4 is 20.1 Å². The zero-order valence-electron chi connectivity index (χ0n) is 16.0. The van der Waals surface area contributed by atoms with Crippen molar-refractivity contribution in [2.75, 3.05) is 34.4 Å². The Morgan fingerprint density at radius 3 is 2.63 bits per heavy atom. The molecule has 0 bridgehead atoms. The average molecular weight is 489 g/mol. The van der Waals surface area contributed by atoms with Crippen LogP contribution in [0.15, 0.2) is 46.0 Å². The zero-order valence-corrected chi connectivity index (χ0v) is 18.3. The van der Waals surface area contributed by atoms with Gasteiger partial charge in [0, 0.05) is 32.3 Å². The molecule has 0 amide bonds. The third-order valence-corrected chi connectivity index (χ3v) is 3.74. The fourth-order valence-electron chi connectivity index (χ4n) is 2.44. The topological polar surface area (TPSA) is 77.3 Å². The Kier molecular flexibility index (Phi) is 11.3. The lowest BCUT2D eigenvalue weighted by Crippen LogP contribution is -2.37. The van der Waals surface area contributed by atoms with Crippen LogP contribution in [-0.4, -0.2) is 40.4 Å². The molecule has 0 saturated heterocycles. The van der Waals surface area contributed by atoms with Crippen molar-refractivity contribution in [3.8, 4) is 11.5 Å². The summed E-state index contributed by atoms with van der Waals surface area (Å²) >= 11 is 0. The monoisotopic (exact) mass is 489 g/mol. The molecule has 0 atom stereocenters. The molecule has 0 radical (unpaired) electrons. The van der Waals surface area contributed by atoms with E-state index >= 15 is 0 Å². The number of halogens is 1. The molecule has 7 nitrogen and oxygen atoms in total. The first-order valence-corrected chi connectivity index (χ1v) is 8.53. The van der Waals surface area contributed by atoms with Gasteiger partial charge in [-0.15, -0.1) is 24.0 Å². The van der Waals surface area contributed by atoms with E-state index < -0.39 is 0 Å². The number of rotatable bonds is 10. The molecule has 27 heavy (non-hydrogen) atoms. The number of benzene rings is 1. The van der Waals surface area contributed by atoms with E-state index in [4.69, 9.17) is 18.6 Å². The standard InChI is InChI=1S/C19H27N3O4.HI/c1-20-19(21-10-6-11-25-14-16-8-5-12-26-16)22-13-15-7-4-9-17(23-2)18(15)24-3;/h4-5,7-9,12H,6,10-11,13-14H2,1-3H3,(H2,20,21,22);1H. The molecule has 0 aliphatic carbocycles. The van der Waals surface area contributed by atoms with Crippen molar-refractivity contribution < 1.29 is 18.6 Å². The highest BCUT2D eigenvalue weighted by atomic mass is 127. The first-order chi connectivity index (χ1) is 12.8. The number of ether oxygens (including phenoxy) is 3. The quantitative estimate of drug-likeness (QED) is 0.231. The summed E-state index contributed by atoms with van der Waals surface area (Å²) in [6.45, 7) is 2.48. The summed E-state index contributed by atoms with van der Waals surface area (Å²) < 4.78 is 21.5. The molecule has 2 aromatic rings. The van der Waals surface area contributed by atoms with E-state index in [9.17, 15) is 0 Å². The number of aliphatic imine (C=N–C) groups is 1. The molecule has 1 heterocycles. The van der Waals surface area contributed by atoms with Gasteiger partial charge in [-0.3, -0.25) is 4.99 Å². The van der Waals surface area contributed by atoms with Gasteiger partial charge in [-0.2, -0.15) is 0 Å². The van der Waals surface area contributed by atoms with Crippen molar-refractivity contribution in [1.82, 2.24) is 10.6 Å². The molecule has 0 aliphatic heterocycles. The molecule has 0 spiro atoms. The predicted octanol–water partition coefficient (Wildman–Crippen LogP) is 3.19. The van der Waals surface area contributed by atoms with Crippen molar-refractivity contribution >= 4 is 29.9 Å². The minimum absolute atomic E-state index is 0. The Labute approximate surface area is 177 Å². The molecule has 0 fully saturated rings. The van der Waals surface area contributed by atoms with Crippen LogP contribution in [0.5, 0.6) is 11.5 Å². The molecule has 2 N–H and O–H groups in total. The second-order valence-electron chi connectivity index (χ2n) is 5.49. The largest absolute Gasteiger partial charge is 0.493 e. The molecule has 0 saturated carbocycles. The zero-order chi connectivity index (χ0) is 18.6. The van der Waals surface area contributed by atoms with Gasteiger partial charge in [0.25, 0.3) is 0 Å². The fourth-order valence-corrected chi connectivity index (χ4v) is 2.44. The van der Waals surface area contributed by atoms with Gasteiger partial charge in [0.2, 0.25) is 0 Å². The average Bonchev–Trinajstić information content (AvgIpc) is 3.19. The van der Waals surface area contributed by atoms with Crippen molar-refractivity contribution in [3.63, 3.8) is 0 Å². The van der Waals surface area contributed by atoms with Crippen LogP contribution in [-0.2, 0) is 17.9 Å². The van der Waals surface area contributed by atoms with Gasteiger partial charge in [0.1, 0.15) is 12.4 Å². The molecule has 0 unspecified atom stereocenters. The number of nitrogens with zero attached hydrogens (tertiary/aromatic N) is 1. The van der Waals surface area contributed by atoms with Gasteiger partial charge in [0.15, 0.2) is 17.5 Å².